The van der Waals surface area contributed by atoms with Gasteiger partial charge in [-0.2, -0.15) is 0 Å². The monoisotopic (exact) mass is 249 g/mol. The Balaban J connectivity index is 2.11. The van der Waals surface area contributed by atoms with Gasteiger partial charge in [0.05, 0.1) is 11.0 Å². The van der Waals surface area contributed by atoms with Crippen molar-refractivity contribution in [3.05, 3.63) is 29.0 Å². The molecule has 1 saturated heterocycles. The van der Waals surface area contributed by atoms with E-state index in [1.807, 2.05) is 18.2 Å². The van der Waals surface area contributed by atoms with Gasteiger partial charge in [0.15, 0.2) is 0 Å². The number of halogens is 1. The minimum Gasteiger partial charge on any atom is -0.341 e. The number of aromatic nitrogens is 2. The number of imidazole rings is 1. The summed E-state index contributed by atoms with van der Waals surface area (Å²) in [6, 6.07) is 5.81. The van der Waals surface area contributed by atoms with Gasteiger partial charge in [0, 0.05) is 17.0 Å². The van der Waals surface area contributed by atoms with Crippen LogP contribution < -0.4 is 5.32 Å². The van der Waals surface area contributed by atoms with Gasteiger partial charge in [-0.15, -0.1) is 0 Å². The van der Waals surface area contributed by atoms with Gasteiger partial charge in [0.25, 0.3) is 0 Å². The Morgan fingerprint density at radius 1 is 1.47 bits per heavy atom. The Labute approximate surface area is 106 Å². The molecule has 3 nitrogen and oxygen atoms in total. The molecule has 90 valence electrons. The van der Waals surface area contributed by atoms with Crippen LogP contribution in [0.5, 0.6) is 0 Å². The molecule has 0 aliphatic carbocycles. The number of benzene rings is 1. The van der Waals surface area contributed by atoms with Gasteiger partial charge in [0.1, 0.15) is 5.82 Å². The Morgan fingerprint density at radius 2 is 2.35 bits per heavy atom. The number of rotatable bonds is 2. The topological polar surface area (TPSA) is 40.7 Å². The van der Waals surface area contributed by atoms with Gasteiger partial charge < -0.3 is 10.3 Å². The van der Waals surface area contributed by atoms with E-state index in [2.05, 4.69) is 17.2 Å². The molecular formula is C13H16ClN3. The Morgan fingerprint density at radius 3 is 3.06 bits per heavy atom. The van der Waals surface area contributed by atoms with E-state index in [0.29, 0.717) is 0 Å². The fourth-order valence-corrected chi connectivity index (χ4v) is 2.82. The lowest BCUT2D eigenvalue weighted by Gasteiger charge is -2.23. The molecule has 1 atom stereocenters. The van der Waals surface area contributed by atoms with Crippen molar-refractivity contribution in [2.45, 2.75) is 25.2 Å². The van der Waals surface area contributed by atoms with Crippen molar-refractivity contribution in [1.82, 2.24) is 15.3 Å². The molecule has 0 saturated carbocycles. The zero-order valence-corrected chi connectivity index (χ0v) is 10.6. The maximum atomic E-state index is 6.00. The average Bonchev–Trinajstić information content (AvgIpc) is 2.94. The molecule has 2 heterocycles. The fourth-order valence-electron chi connectivity index (χ4n) is 2.65. The van der Waals surface area contributed by atoms with E-state index in [9.17, 15) is 0 Å². The molecule has 0 spiro atoms. The van der Waals surface area contributed by atoms with Gasteiger partial charge in [-0.25, -0.2) is 4.98 Å². The number of hydrogen-bond donors (Lipinski definition) is 2. The summed E-state index contributed by atoms with van der Waals surface area (Å²) >= 11 is 6.00. The molecule has 2 N–H and O–H groups in total. The highest BCUT2D eigenvalue weighted by Crippen LogP contribution is 2.33. The highest BCUT2D eigenvalue weighted by Gasteiger charge is 2.36. The van der Waals surface area contributed by atoms with E-state index in [-0.39, 0.29) is 5.41 Å². The van der Waals surface area contributed by atoms with Crippen LogP contribution in [-0.4, -0.2) is 23.1 Å². The number of nitrogens with zero attached hydrogens (tertiary/aromatic N) is 1. The predicted octanol–water partition coefficient (Wildman–Crippen LogP) is 2.86. The number of fused-ring (bicyclic) bond motifs is 1. The first-order valence-corrected chi connectivity index (χ1v) is 6.48. The predicted molar refractivity (Wildman–Crippen MR) is 70.6 cm³/mol. The van der Waals surface area contributed by atoms with Crippen LogP contribution >= 0.6 is 11.6 Å². The highest BCUT2D eigenvalue weighted by molar-refractivity contribution is 6.31. The number of hydrogen-bond acceptors (Lipinski definition) is 2. The summed E-state index contributed by atoms with van der Waals surface area (Å²) in [6.07, 6.45) is 2.25. The molecule has 1 unspecified atom stereocenters. The Kier molecular flexibility index (Phi) is 2.60. The number of nitrogens with one attached hydrogen (secondary N) is 2. The van der Waals surface area contributed by atoms with Crippen LogP contribution in [0.4, 0.5) is 0 Å². The lowest BCUT2D eigenvalue weighted by Crippen LogP contribution is -2.29. The van der Waals surface area contributed by atoms with E-state index in [1.54, 1.807) is 0 Å². The van der Waals surface area contributed by atoms with Crippen LogP contribution in [-0.2, 0) is 5.41 Å². The van der Waals surface area contributed by atoms with Crippen molar-refractivity contribution in [3.63, 3.8) is 0 Å². The first-order valence-electron chi connectivity index (χ1n) is 6.10. The summed E-state index contributed by atoms with van der Waals surface area (Å²) in [6.45, 7) is 4.32. The third-order valence-corrected chi connectivity index (χ3v) is 4.10. The van der Waals surface area contributed by atoms with Crippen LogP contribution in [0.25, 0.3) is 11.0 Å². The maximum absolute atomic E-state index is 6.00. The van der Waals surface area contributed by atoms with Crippen LogP contribution in [0, 0.1) is 0 Å². The third kappa shape index (κ3) is 1.74. The summed E-state index contributed by atoms with van der Waals surface area (Å²) in [7, 11) is 0. The Hall–Kier alpha value is -1.06. The highest BCUT2D eigenvalue weighted by atomic mass is 35.5. The summed E-state index contributed by atoms with van der Waals surface area (Å²) in [5, 5.41) is 4.18. The van der Waals surface area contributed by atoms with Gasteiger partial charge in [-0.05, 0) is 37.6 Å². The van der Waals surface area contributed by atoms with E-state index in [4.69, 9.17) is 16.6 Å². The molecular weight excluding hydrogens is 234 g/mol. The summed E-state index contributed by atoms with van der Waals surface area (Å²) in [5.41, 5.74) is 2.21. The molecule has 4 heteroatoms. The smallest absolute Gasteiger partial charge is 0.114 e. The lowest BCUT2D eigenvalue weighted by molar-refractivity contribution is 0.431. The summed E-state index contributed by atoms with van der Waals surface area (Å²) < 4.78 is 0. The van der Waals surface area contributed by atoms with E-state index in [0.717, 1.165) is 47.8 Å². The lowest BCUT2D eigenvalue weighted by atomic mass is 9.83. The fraction of sp³-hybridized carbons (Fsp3) is 0.462. The third-order valence-electron chi connectivity index (χ3n) is 3.87. The molecule has 1 aliphatic heterocycles. The van der Waals surface area contributed by atoms with Crippen molar-refractivity contribution in [3.8, 4) is 0 Å². The van der Waals surface area contributed by atoms with Gasteiger partial charge >= 0.3 is 0 Å². The normalized spacial score (nSPS) is 24.6. The molecule has 2 aromatic rings. The molecule has 1 aromatic carbocycles. The van der Waals surface area contributed by atoms with Gasteiger partial charge in [-0.1, -0.05) is 18.5 Å². The standard InChI is InChI=1S/C13H16ClN3/c1-2-13(5-6-15-8-13)12-16-10-4-3-9(14)7-11(10)17-12/h3-4,7,15H,2,5-6,8H2,1H3,(H,16,17). The Bertz CT molecular complexity index is 541. The first kappa shape index (κ1) is 11.1. The van der Waals surface area contributed by atoms with Crippen molar-refractivity contribution in [2.75, 3.05) is 13.1 Å². The minimum atomic E-state index is 0.172. The van der Waals surface area contributed by atoms with Crippen molar-refractivity contribution in [2.24, 2.45) is 0 Å². The quantitative estimate of drug-likeness (QED) is 0.859. The van der Waals surface area contributed by atoms with E-state index in [1.165, 1.54) is 0 Å². The largest absolute Gasteiger partial charge is 0.341 e. The second-order valence-electron chi connectivity index (χ2n) is 4.81. The van der Waals surface area contributed by atoms with E-state index >= 15 is 0 Å². The minimum absolute atomic E-state index is 0.172. The molecule has 0 amide bonds. The molecule has 0 radical (unpaired) electrons. The van der Waals surface area contributed by atoms with Crippen molar-refractivity contribution >= 4 is 22.6 Å². The molecule has 3 rings (SSSR count). The zero-order chi connectivity index (χ0) is 11.9. The zero-order valence-electron chi connectivity index (χ0n) is 9.89. The van der Waals surface area contributed by atoms with Gasteiger partial charge in [0.2, 0.25) is 0 Å². The van der Waals surface area contributed by atoms with Crippen LogP contribution in [0.3, 0.4) is 0 Å². The molecule has 1 aliphatic rings. The summed E-state index contributed by atoms with van der Waals surface area (Å²) in [5.74, 6) is 1.10. The molecule has 0 bridgehead atoms. The van der Waals surface area contributed by atoms with Crippen molar-refractivity contribution in [1.29, 1.82) is 0 Å². The van der Waals surface area contributed by atoms with Crippen LogP contribution in [0.15, 0.2) is 18.2 Å². The van der Waals surface area contributed by atoms with Crippen molar-refractivity contribution < 1.29 is 0 Å². The second kappa shape index (κ2) is 4.00. The van der Waals surface area contributed by atoms with Crippen LogP contribution in [0.2, 0.25) is 5.02 Å². The van der Waals surface area contributed by atoms with E-state index < -0.39 is 0 Å². The SMILES string of the molecule is CCC1(c2nc3ccc(Cl)cc3[nH]2)CCNC1. The number of aromatic amines is 1. The molecule has 1 fully saturated rings. The van der Waals surface area contributed by atoms with Crippen LogP contribution in [0.1, 0.15) is 25.6 Å². The summed E-state index contributed by atoms with van der Waals surface area (Å²) in [4.78, 5) is 8.16. The van der Waals surface area contributed by atoms with Gasteiger partial charge in [-0.3, -0.25) is 0 Å². The maximum Gasteiger partial charge on any atom is 0.114 e. The second-order valence-corrected chi connectivity index (χ2v) is 5.24. The molecule has 17 heavy (non-hydrogen) atoms. The average molecular weight is 250 g/mol. The number of H-pyrrole nitrogens is 1. The molecule has 1 aromatic heterocycles. The first-order chi connectivity index (χ1) is 8.23.